The Bertz CT molecular complexity index is 580. The Labute approximate surface area is 157 Å². The van der Waals surface area contributed by atoms with Crippen LogP contribution in [0.15, 0.2) is 6.07 Å². The molecule has 1 aromatic heterocycles. The SMILES string of the molecule is CCCO[C@@H](C)C(=O)NCc1cc2n(n1)CCCN(C1CCCCC1)C2. The lowest BCUT2D eigenvalue weighted by molar-refractivity contribution is -0.131. The van der Waals surface area contributed by atoms with Crippen molar-refractivity contribution in [2.45, 2.75) is 90.6 Å². The Morgan fingerprint density at radius 2 is 2.12 bits per heavy atom. The fraction of sp³-hybridized carbons (Fsp3) is 0.800. The minimum Gasteiger partial charge on any atom is -0.369 e. The minimum atomic E-state index is -0.405. The molecule has 2 aliphatic rings. The number of aryl methyl sites for hydroxylation is 1. The molecule has 1 saturated carbocycles. The van der Waals surface area contributed by atoms with Crippen molar-refractivity contribution in [3.8, 4) is 0 Å². The standard InChI is InChI=1S/C20H34N4O2/c1-3-12-26-16(2)20(25)21-14-17-13-19-15-23(10-7-11-24(19)22-17)18-8-5-4-6-9-18/h13,16,18H,3-12,14-15H2,1-2H3,(H,21,25)/t16-/m0/s1. The maximum absolute atomic E-state index is 12.1. The number of carbonyl (C=O) groups is 1. The van der Waals surface area contributed by atoms with Crippen molar-refractivity contribution in [1.29, 1.82) is 0 Å². The number of aromatic nitrogens is 2. The van der Waals surface area contributed by atoms with Gasteiger partial charge in [-0.1, -0.05) is 26.2 Å². The minimum absolute atomic E-state index is 0.0644. The zero-order valence-electron chi connectivity index (χ0n) is 16.4. The van der Waals surface area contributed by atoms with Crippen LogP contribution in [0.1, 0.15) is 70.2 Å². The van der Waals surface area contributed by atoms with Gasteiger partial charge in [0, 0.05) is 32.3 Å². The molecule has 1 aliphatic heterocycles. The van der Waals surface area contributed by atoms with Crippen LogP contribution in [0.4, 0.5) is 0 Å². The normalized spacial score (nSPS) is 20.4. The van der Waals surface area contributed by atoms with Gasteiger partial charge in [-0.3, -0.25) is 14.4 Å². The molecule has 1 amide bonds. The van der Waals surface area contributed by atoms with E-state index in [1.807, 2.05) is 6.92 Å². The van der Waals surface area contributed by atoms with Crippen LogP contribution in [0.5, 0.6) is 0 Å². The number of hydrogen-bond acceptors (Lipinski definition) is 4. The maximum Gasteiger partial charge on any atom is 0.249 e. The lowest BCUT2D eigenvalue weighted by Gasteiger charge is -2.33. The first-order chi connectivity index (χ1) is 12.7. The second-order valence-corrected chi connectivity index (χ2v) is 7.70. The number of ether oxygens (including phenoxy) is 1. The van der Waals surface area contributed by atoms with E-state index in [9.17, 15) is 4.79 Å². The first-order valence-electron chi connectivity index (χ1n) is 10.4. The van der Waals surface area contributed by atoms with Gasteiger partial charge < -0.3 is 10.1 Å². The molecule has 2 heterocycles. The van der Waals surface area contributed by atoms with Gasteiger partial charge in [0.25, 0.3) is 0 Å². The van der Waals surface area contributed by atoms with Crippen LogP contribution in [0.25, 0.3) is 0 Å². The van der Waals surface area contributed by atoms with Crippen LogP contribution in [0.2, 0.25) is 0 Å². The molecule has 1 atom stereocenters. The monoisotopic (exact) mass is 362 g/mol. The molecule has 0 unspecified atom stereocenters. The summed E-state index contributed by atoms with van der Waals surface area (Å²) >= 11 is 0. The molecule has 1 fully saturated rings. The number of nitrogens with zero attached hydrogens (tertiary/aromatic N) is 3. The van der Waals surface area contributed by atoms with Crippen LogP contribution >= 0.6 is 0 Å². The quantitative estimate of drug-likeness (QED) is 0.810. The number of carbonyl (C=O) groups excluding carboxylic acids is 1. The summed E-state index contributed by atoms with van der Waals surface area (Å²) in [5.41, 5.74) is 2.23. The van der Waals surface area contributed by atoms with E-state index in [0.717, 1.165) is 37.7 Å². The van der Waals surface area contributed by atoms with E-state index in [-0.39, 0.29) is 5.91 Å². The zero-order valence-corrected chi connectivity index (χ0v) is 16.4. The average molecular weight is 363 g/mol. The topological polar surface area (TPSA) is 59.4 Å². The van der Waals surface area contributed by atoms with Crippen molar-refractivity contribution >= 4 is 5.91 Å². The predicted octanol–water partition coefficient (Wildman–Crippen LogP) is 2.85. The van der Waals surface area contributed by atoms with Crippen LogP contribution in [-0.2, 0) is 29.2 Å². The average Bonchev–Trinajstić information content (AvgIpc) is 2.94. The summed E-state index contributed by atoms with van der Waals surface area (Å²) in [7, 11) is 0. The molecule has 1 aromatic rings. The highest BCUT2D eigenvalue weighted by atomic mass is 16.5. The molecule has 1 N–H and O–H groups in total. The van der Waals surface area contributed by atoms with Gasteiger partial charge in [0.1, 0.15) is 6.10 Å². The fourth-order valence-electron chi connectivity index (χ4n) is 4.08. The van der Waals surface area contributed by atoms with Crippen molar-refractivity contribution in [2.75, 3.05) is 13.2 Å². The Kier molecular flexibility index (Phi) is 7.08. The second kappa shape index (κ2) is 9.51. The summed E-state index contributed by atoms with van der Waals surface area (Å²) in [5, 5.41) is 7.67. The van der Waals surface area contributed by atoms with E-state index in [1.165, 1.54) is 44.3 Å². The molecule has 6 heteroatoms. The van der Waals surface area contributed by atoms with Gasteiger partial charge >= 0.3 is 0 Å². The van der Waals surface area contributed by atoms with Crippen molar-refractivity contribution in [3.63, 3.8) is 0 Å². The van der Waals surface area contributed by atoms with Gasteiger partial charge in [0.2, 0.25) is 5.91 Å². The largest absolute Gasteiger partial charge is 0.369 e. The fourth-order valence-corrected chi connectivity index (χ4v) is 4.08. The summed E-state index contributed by atoms with van der Waals surface area (Å²) in [4.78, 5) is 14.8. The molecular formula is C20H34N4O2. The summed E-state index contributed by atoms with van der Waals surface area (Å²) in [6, 6.07) is 2.91. The molecule has 0 bridgehead atoms. The highest BCUT2D eigenvalue weighted by Gasteiger charge is 2.24. The molecule has 0 saturated heterocycles. The Balaban J connectivity index is 1.55. The van der Waals surface area contributed by atoms with Gasteiger partial charge in [0.15, 0.2) is 0 Å². The number of hydrogen-bond donors (Lipinski definition) is 1. The Hall–Kier alpha value is -1.40. The molecule has 0 spiro atoms. The molecule has 0 aromatic carbocycles. The summed E-state index contributed by atoms with van der Waals surface area (Å²) in [6.45, 7) is 8.07. The van der Waals surface area contributed by atoms with E-state index in [4.69, 9.17) is 9.84 Å². The van der Waals surface area contributed by atoms with Crippen molar-refractivity contribution in [2.24, 2.45) is 0 Å². The lowest BCUT2D eigenvalue weighted by Crippen LogP contribution is -2.36. The molecule has 0 radical (unpaired) electrons. The van der Waals surface area contributed by atoms with E-state index in [1.54, 1.807) is 6.92 Å². The third-order valence-electron chi connectivity index (χ3n) is 5.57. The predicted molar refractivity (Wildman–Crippen MR) is 102 cm³/mol. The third kappa shape index (κ3) is 5.07. The van der Waals surface area contributed by atoms with Crippen LogP contribution < -0.4 is 5.32 Å². The summed E-state index contributed by atoms with van der Waals surface area (Å²) in [6.07, 6.45) is 8.48. The summed E-state index contributed by atoms with van der Waals surface area (Å²) in [5.74, 6) is -0.0644. The number of nitrogens with one attached hydrogen (secondary N) is 1. The van der Waals surface area contributed by atoms with Gasteiger partial charge in [-0.15, -0.1) is 0 Å². The van der Waals surface area contributed by atoms with Crippen LogP contribution in [0, 0.1) is 0 Å². The Morgan fingerprint density at radius 1 is 1.31 bits per heavy atom. The first kappa shape index (κ1) is 19.4. The van der Waals surface area contributed by atoms with Gasteiger partial charge in [0.05, 0.1) is 17.9 Å². The maximum atomic E-state index is 12.1. The third-order valence-corrected chi connectivity index (χ3v) is 5.57. The molecule has 146 valence electrons. The van der Waals surface area contributed by atoms with Crippen LogP contribution in [-0.4, -0.2) is 45.9 Å². The smallest absolute Gasteiger partial charge is 0.249 e. The molecule has 3 rings (SSSR count). The molecule has 26 heavy (non-hydrogen) atoms. The second-order valence-electron chi connectivity index (χ2n) is 7.70. The van der Waals surface area contributed by atoms with E-state index in [2.05, 4.69) is 21.0 Å². The lowest BCUT2D eigenvalue weighted by atomic mass is 9.94. The van der Waals surface area contributed by atoms with Crippen LogP contribution in [0.3, 0.4) is 0 Å². The van der Waals surface area contributed by atoms with Crippen molar-refractivity contribution in [1.82, 2.24) is 20.0 Å². The molecule has 1 aliphatic carbocycles. The number of fused-ring (bicyclic) bond motifs is 1. The van der Waals surface area contributed by atoms with Gasteiger partial charge in [-0.05, 0) is 38.7 Å². The van der Waals surface area contributed by atoms with Crippen molar-refractivity contribution < 1.29 is 9.53 Å². The highest BCUT2D eigenvalue weighted by Crippen LogP contribution is 2.25. The zero-order chi connectivity index (χ0) is 18.4. The van der Waals surface area contributed by atoms with Gasteiger partial charge in [-0.25, -0.2) is 0 Å². The molecular weight excluding hydrogens is 328 g/mol. The summed E-state index contributed by atoms with van der Waals surface area (Å²) < 4.78 is 7.62. The number of amides is 1. The number of rotatable bonds is 7. The first-order valence-corrected chi connectivity index (χ1v) is 10.4. The van der Waals surface area contributed by atoms with Gasteiger partial charge in [-0.2, -0.15) is 5.10 Å². The molecule has 6 nitrogen and oxygen atoms in total. The van der Waals surface area contributed by atoms with Crippen molar-refractivity contribution in [3.05, 3.63) is 17.5 Å². The van der Waals surface area contributed by atoms with E-state index >= 15 is 0 Å². The Morgan fingerprint density at radius 3 is 2.88 bits per heavy atom. The highest BCUT2D eigenvalue weighted by molar-refractivity contribution is 5.80. The van der Waals surface area contributed by atoms with E-state index < -0.39 is 6.10 Å². The van der Waals surface area contributed by atoms with E-state index in [0.29, 0.717) is 13.2 Å².